The van der Waals surface area contributed by atoms with Gasteiger partial charge < -0.3 is 30.6 Å². The molecule has 0 aliphatic rings. The number of unbranched alkanes of at least 4 members (excludes halogenated alkanes) is 1. The highest BCUT2D eigenvalue weighted by Crippen LogP contribution is 2.30. The summed E-state index contributed by atoms with van der Waals surface area (Å²) in [5, 5.41) is 9.80. The molecule has 3 atom stereocenters. The highest BCUT2D eigenvalue weighted by molar-refractivity contribution is 7.17. The SMILES string of the molecule is CCCC[C@H](CC(=O)NCc1ccc(OC)cc1OC)C(=O)N(OCc1ccc(OC)cc1)[C@@H](Cc1csc2ccccc12)C(=O)N[C@@H](Cc1ccccc1)C(N)=O. The molecular formula is C45H52N4O8S. The Bertz CT molecular complexity index is 2120. The normalized spacial score (nSPS) is 12.6. The fourth-order valence-corrected chi connectivity index (χ4v) is 7.60. The summed E-state index contributed by atoms with van der Waals surface area (Å²) >= 11 is 1.53. The first-order valence-corrected chi connectivity index (χ1v) is 20.2. The number of nitrogens with zero attached hydrogens (tertiary/aromatic N) is 1. The van der Waals surface area contributed by atoms with Crippen LogP contribution in [0.2, 0.25) is 0 Å². The number of methoxy groups -OCH3 is 3. The van der Waals surface area contributed by atoms with E-state index in [0.29, 0.717) is 35.7 Å². The van der Waals surface area contributed by atoms with Crippen LogP contribution in [0, 0.1) is 5.92 Å². The molecule has 0 aliphatic carbocycles. The number of hydrogen-bond donors (Lipinski definition) is 3. The van der Waals surface area contributed by atoms with E-state index in [2.05, 4.69) is 10.6 Å². The Balaban J connectivity index is 1.49. The Kier molecular flexibility index (Phi) is 16.1. The number of thiophene rings is 1. The van der Waals surface area contributed by atoms with Gasteiger partial charge in [0, 0.05) is 48.1 Å². The lowest BCUT2D eigenvalue weighted by Crippen LogP contribution is -2.56. The zero-order valence-electron chi connectivity index (χ0n) is 33.4. The fourth-order valence-electron chi connectivity index (χ4n) is 6.63. The van der Waals surface area contributed by atoms with Gasteiger partial charge in [0.15, 0.2) is 0 Å². The monoisotopic (exact) mass is 808 g/mol. The Hall–Kier alpha value is -5.92. The zero-order chi connectivity index (χ0) is 41.4. The van der Waals surface area contributed by atoms with Crippen LogP contribution in [0.1, 0.15) is 54.9 Å². The van der Waals surface area contributed by atoms with Crippen molar-refractivity contribution < 1.29 is 38.2 Å². The van der Waals surface area contributed by atoms with Gasteiger partial charge in [-0.15, -0.1) is 11.3 Å². The number of nitrogens with two attached hydrogens (primary N) is 1. The number of ether oxygens (including phenoxy) is 3. The number of fused-ring (bicyclic) bond motifs is 1. The molecule has 13 heteroatoms. The quantitative estimate of drug-likeness (QED) is 0.0667. The van der Waals surface area contributed by atoms with Crippen molar-refractivity contribution in [1.82, 2.24) is 15.7 Å². The fraction of sp³-hybridized carbons (Fsp3) is 0.333. The van der Waals surface area contributed by atoms with E-state index in [0.717, 1.165) is 38.3 Å². The van der Waals surface area contributed by atoms with E-state index in [1.54, 1.807) is 63.8 Å². The maximum absolute atomic E-state index is 15.0. The van der Waals surface area contributed by atoms with Gasteiger partial charge in [0.1, 0.15) is 35.9 Å². The van der Waals surface area contributed by atoms with Gasteiger partial charge in [-0.2, -0.15) is 0 Å². The summed E-state index contributed by atoms with van der Waals surface area (Å²) in [4.78, 5) is 62.6. The third-order valence-electron chi connectivity index (χ3n) is 9.91. The van der Waals surface area contributed by atoms with Crippen LogP contribution in [0.3, 0.4) is 0 Å². The largest absolute Gasteiger partial charge is 0.497 e. The third-order valence-corrected chi connectivity index (χ3v) is 10.9. The van der Waals surface area contributed by atoms with Gasteiger partial charge in [0.05, 0.1) is 21.3 Å². The molecule has 0 saturated heterocycles. The Morgan fingerprint density at radius 3 is 2.19 bits per heavy atom. The van der Waals surface area contributed by atoms with Gasteiger partial charge in [-0.25, -0.2) is 5.06 Å². The minimum Gasteiger partial charge on any atom is -0.497 e. The van der Waals surface area contributed by atoms with Crippen LogP contribution in [0.15, 0.2) is 102 Å². The van der Waals surface area contributed by atoms with Crippen molar-refractivity contribution >= 4 is 45.1 Å². The lowest BCUT2D eigenvalue weighted by atomic mass is 9.95. The van der Waals surface area contributed by atoms with Gasteiger partial charge in [0.25, 0.3) is 5.91 Å². The Labute approximate surface area is 343 Å². The number of hydrogen-bond acceptors (Lipinski definition) is 9. The number of amides is 4. The van der Waals surface area contributed by atoms with Crippen molar-refractivity contribution in [1.29, 1.82) is 0 Å². The topological polar surface area (TPSA) is 159 Å². The first-order chi connectivity index (χ1) is 28.1. The van der Waals surface area contributed by atoms with E-state index in [4.69, 9.17) is 24.8 Å². The molecule has 0 unspecified atom stereocenters. The minimum atomic E-state index is -1.25. The molecule has 306 valence electrons. The molecule has 4 amide bonds. The summed E-state index contributed by atoms with van der Waals surface area (Å²) < 4.78 is 17.2. The zero-order valence-corrected chi connectivity index (χ0v) is 34.2. The van der Waals surface area contributed by atoms with E-state index in [-0.39, 0.29) is 38.3 Å². The molecule has 0 radical (unpaired) electrons. The van der Waals surface area contributed by atoms with Gasteiger partial charge in [-0.1, -0.05) is 80.4 Å². The van der Waals surface area contributed by atoms with Crippen LogP contribution in [0.25, 0.3) is 10.1 Å². The minimum absolute atomic E-state index is 0.0605. The number of rotatable bonds is 22. The average molecular weight is 809 g/mol. The lowest BCUT2D eigenvalue weighted by Gasteiger charge is -2.33. The number of benzene rings is 4. The molecule has 58 heavy (non-hydrogen) atoms. The number of nitrogens with one attached hydrogen (secondary N) is 2. The first kappa shape index (κ1) is 43.2. The highest BCUT2D eigenvalue weighted by Gasteiger charge is 2.38. The van der Waals surface area contributed by atoms with Crippen LogP contribution in [-0.2, 0) is 50.0 Å². The number of carbonyl (C=O) groups is 4. The van der Waals surface area contributed by atoms with Gasteiger partial charge >= 0.3 is 0 Å². The van der Waals surface area contributed by atoms with E-state index in [9.17, 15) is 19.2 Å². The van der Waals surface area contributed by atoms with Gasteiger partial charge in [-0.05, 0) is 64.2 Å². The smallest absolute Gasteiger partial charge is 0.250 e. The van der Waals surface area contributed by atoms with E-state index >= 15 is 0 Å². The molecule has 0 saturated carbocycles. The summed E-state index contributed by atoms with van der Waals surface area (Å²) in [5.41, 5.74) is 8.94. The number of carbonyl (C=O) groups excluding carboxylic acids is 4. The van der Waals surface area contributed by atoms with Crippen molar-refractivity contribution in [3.05, 3.63) is 125 Å². The average Bonchev–Trinajstić information content (AvgIpc) is 3.66. The second kappa shape index (κ2) is 21.6. The van der Waals surface area contributed by atoms with Crippen LogP contribution in [-0.4, -0.2) is 62.1 Å². The molecule has 5 aromatic rings. The highest BCUT2D eigenvalue weighted by atomic mass is 32.1. The second-order valence-electron chi connectivity index (χ2n) is 13.9. The second-order valence-corrected chi connectivity index (χ2v) is 14.8. The third kappa shape index (κ3) is 11.8. The van der Waals surface area contributed by atoms with Crippen LogP contribution in [0.4, 0.5) is 0 Å². The maximum Gasteiger partial charge on any atom is 0.250 e. The van der Waals surface area contributed by atoms with Crippen LogP contribution in [0.5, 0.6) is 17.2 Å². The van der Waals surface area contributed by atoms with Gasteiger partial charge in [-0.3, -0.25) is 24.0 Å². The molecule has 1 heterocycles. The summed E-state index contributed by atoms with van der Waals surface area (Å²) in [6.07, 6.45) is 1.83. The van der Waals surface area contributed by atoms with E-state index in [1.165, 1.54) is 11.3 Å². The molecule has 4 N–H and O–H groups in total. The Morgan fingerprint density at radius 1 is 0.793 bits per heavy atom. The van der Waals surface area contributed by atoms with Crippen LogP contribution >= 0.6 is 11.3 Å². The lowest BCUT2D eigenvalue weighted by molar-refractivity contribution is -0.211. The maximum atomic E-state index is 15.0. The molecule has 0 spiro atoms. The first-order valence-electron chi connectivity index (χ1n) is 19.3. The summed E-state index contributed by atoms with van der Waals surface area (Å²) in [6.45, 7) is 2.09. The van der Waals surface area contributed by atoms with Crippen molar-refractivity contribution in [2.24, 2.45) is 11.7 Å². The summed E-state index contributed by atoms with van der Waals surface area (Å²) in [6, 6.07) is 27.2. The number of primary amides is 1. The molecular weight excluding hydrogens is 757 g/mol. The van der Waals surface area contributed by atoms with Crippen molar-refractivity contribution in [2.75, 3.05) is 21.3 Å². The number of hydroxylamine groups is 2. The molecule has 0 aliphatic heterocycles. The van der Waals surface area contributed by atoms with Crippen LogP contribution < -0.4 is 30.6 Å². The van der Waals surface area contributed by atoms with Crippen molar-refractivity contribution in [3.63, 3.8) is 0 Å². The van der Waals surface area contributed by atoms with Crippen molar-refractivity contribution in [2.45, 2.75) is 70.7 Å². The standard InChI is InChI=1S/C45H52N4O8S/c1-5-6-14-32(25-42(50)47-27-33-19-22-36(55-3)26-40(33)56-4)45(53)49(57-28-31-17-20-35(54-2)21-18-31)39(24-34-29-58-41-16-11-10-15-37(34)41)44(52)48-38(43(46)51)23-30-12-8-7-9-13-30/h7-13,15-22,26,29,32,38-39H,5-6,14,23-25,27-28H2,1-4H3,(H2,46,51)(H,47,50)(H,48,52)/t32-,38+,39+/m1/s1. The van der Waals surface area contributed by atoms with E-state index < -0.39 is 35.7 Å². The predicted molar refractivity (Wildman–Crippen MR) is 224 cm³/mol. The molecule has 1 aromatic heterocycles. The predicted octanol–water partition coefficient (Wildman–Crippen LogP) is 6.52. The molecule has 12 nitrogen and oxygen atoms in total. The Morgan fingerprint density at radius 2 is 1.50 bits per heavy atom. The summed E-state index contributed by atoms with van der Waals surface area (Å²) in [7, 11) is 4.67. The molecule has 5 rings (SSSR count). The molecule has 4 aromatic carbocycles. The van der Waals surface area contributed by atoms with E-state index in [1.807, 2.05) is 66.9 Å². The van der Waals surface area contributed by atoms with Crippen molar-refractivity contribution in [3.8, 4) is 17.2 Å². The van der Waals surface area contributed by atoms with Gasteiger partial charge in [0.2, 0.25) is 17.7 Å². The summed E-state index contributed by atoms with van der Waals surface area (Å²) in [5.74, 6) is -1.27. The molecule has 0 fully saturated rings. The molecule has 0 bridgehead atoms.